The van der Waals surface area contributed by atoms with Crippen LogP contribution in [0.4, 0.5) is 0 Å². The molecule has 0 bridgehead atoms. The number of benzene rings is 2. The summed E-state index contributed by atoms with van der Waals surface area (Å²) in [5, 5.41) is 2.54. The molecule has 1 aliphatic rings. The zero-order chi connectivity index (χ0) is 20.8. The largest absolute Gasteiger partial charge is 0.497 e. The Morgan fingerprint density at radius 3 is 2.52 bits per heavy atom. The third-order valence-electron chi connectivity index (χ3n) is 4.96. The summed E-state index contributed by atoms with van der Waals surface area (Å²) in [7, 11) is 2.87. The van der Waals surface area contributed by atoms with Gasteiger partial charge in [-0.05, 0) is 48.2 Å². The number of methoxy groups -OCH3 is 2. The highest BCUT2D eigenvalue weighted by molar-refractivity contribution is 5.99. The van der Waals surface area contributed by atoms with Crippen LogP contribution in [-0.4, -0.2) is 56.0 Å². The topological polar surface area (TPSA) is 84.9 Å². The van der Waals surface area contributed by atoms with Crippen LogP contribution in [0.5, 0.6) is 5.75 Å². The lowest BCUT2D eigenvalue weighted by atomic mass is 10.0. The number of rotatable bonds is 6. The minimum atomic E-state index is -0.590. The first-order valence-corrected chi connectivity index (χ1v) is 9.43. The maximum atomic E-state index is 13.1. The molecule has 0 aromatic heterocycles. The van der Waals surface area contributed by atoms with Crippen molar-refractivity contribution in [3.8, 4) is 16.9 Å². The number of ether oxygens (including phenoxy) is 2. The van der Waals surface area contributed by atoms with Gasteiger partial charge in [0, 0.05) is 12.1 Å². The van der Waals surface area contributed by atoms with Crippen LogP contribution in [0.25, 0.3) is 11.1 Å². The van der Waals surface area contributed by atoms with Gasteiger partial charge in [0.25, 0.3) is 5.91 Å². The highest BCUT2D eigenvalue weighted by Gasteiger charge is 2.34. The number of esters is 1. The van der Waals surface area contributed by atoms with E-state index in [1.54, 1.807) is 18.1 Å². The molecule has 2 aromatic carbocycles. The molecule has 152 valence electrons. The van der Waals surface area contributed by atoms with Crippen molar-refractivity contribution in [2.75, 3.05) is 27.3 Å². The van der Waals surface area contributed by atoms with Crippen molar-refractivity contribution in [2.24, 2.45) is 0 Å². The van der Waals surface area contributed by atoms with Gasteiger partial charge in [0.15, 0.2) is 0 Å². The fourth-order valence-electron chi connectivity index (χ4n) is 3.43. The average molecular weight is 396 g/mol. The first-order valence-electron chi connectivity index (χ1n) is 9.43. The minimum absolute atomic E-state index is 0.203. The molecular weight excluding hydrogens is 372 g/mol. The SMILES string of the molecule is COC(=O)CNC(=O)C1CCCN1C(=O)c1cccc(-c2cccc(OC)c2)c1. The lowest BCUT2D eigenvalue weighted by Gasteiger charge is -2.24. The summed E-state index contributed by atoms with van der Waals surface area (Å²) in [6.45, 7) is 0.289. The summed E-state index contributed by atoms with van der Waals surface area (Å²) < 4.78 is 9.81. The molecule has 1 N–H and O–H groups in total. The Balaban J connectivity index is 1.77. The molecule has 1 atom stereocenters. The van der Waals surface area contributed by atoms with E-state index in [-0.39, 0.29) is 18.4 Å². The van der Waals surface area contributed by atoms with Crippen molar-refractivity contribution in [2.45, 2.75) is 18.9 Å². The maximum absolute atomic E-state index is 13.1. The standard InChI is InChI=1S/C22H24N2O5/c1-28-18-9-4-7-16(13-18)15-6-3-8-17(12-15)22(27)24-11-5-10-19(24)21(26)23-14-20(25)29-2/h3-4,6-9,12-13,19H,5,10-11,14H2,1-2H3,(H,23,26). The number of carbonyl (C=O) groups excluding carboxylic acids is 3. The normalized spacial score (nSPS) is 15.7. The average Bonchev–Trinajstić information content (AvgIpc) is 3.26. The smallest absolute Gasteiger partial charge is 0.325 e. The van der Waals surface area contributed by atoms with Crippen LogP contribution in [0.2, 0.25) is 0 Å². The van der Waals surface area contributed by atoms with Crippen molar-refractivity contribution in [3.63, 3.8) is 0 Å². The molecule has 1 aliphatic heterocycles. The highest BCUT2D eigenvalue weighted by atomic mass is 16.5. The molecule has 1 fully saturated rings. The molecule has 7 nitrogen and oxygen atoms in total. The van der Waals surface area contributed by atoms with Gasteiger partial charge in [0.2, 0.25) is 5.91 Å². The second-order valence-electron chi connectivity index (χ2n) is 6.76. The molecule has 0 spiro atoms. The molecule has 2 aromatic rings. The van der Waals surface area contributed by atoms with Crippen molar-refractivity contribution in [3.05, 3.63) is 54.1 Å². The van der Waals surface area contributed by atoms with Crippen molar-refractivity contribution >= 4 is 17.8 Å². The second kappa shape index (κ2) is 9.23. The number of likely N-dealkylation sites (tertiary alicyclic amines) is 1. The van der Waals surface area contributed by atoms with Crippen molar-refractivity contribution in [1.82, 2.24) is 10.2 Å². The first-order chi connectivity index (χ1) is 14.0. The fourth-order valence-corrected chi connectivity index (χ4v) is 3.43. The quantitative estimate of drug-likeness (QED) is 0.757. The molecule has 7 heteroatoms. The van der Waals surface area contributed by atoms with Gasteiger partial charge in [-0.1, -0.05) is 24.3 Å². The van der Waals surface area contributed by atoms with Crippen LogP contribution in [-0.2, 0) is 14.3 Å². The molecule has 2 amide bonds. The number of nitrogens with zero attached hydrogens (tertiary/aromatic N) is 1. The van der Waals surface area contributed by atoms with E-state index in [4.69, 9.17) is 4.74 Å². The van der Waals surface area contributed by atoms with E-state index >= 15 is 0 Å². The maximum Gasteiger partial charge on any atom is 0.325 e. The zero-order valence-electron chi connectivity index (χ0n) is 16.5. The molecule has 0 saturated carbocycles. The Morgan fingerprint density at radius 1 is 1.07 bits per heavy atom. The Labute approximate surface area is 169 Å². The van der Waals surface area contributed by atoms with Crippen molar-refractivity contribution in [1.29, 1.82) is 0 Å². The molecule has 0 aliphatic carbocycles. The molecule has 3 rings (SSSR count). The van der Waals surface area contributed by atoms with Crippen LogP contribution in [0.15, 0.2) is 48.5 Å². The third-order valence-corrected chi connectivity index (χ3v) is 4.96. The summed E-state index contributed by atoms with van der Waals surface area (Å²) in [6, 6.07) is 14.3. The molecule has 1 heterocycles. The van der Waals surface area contributed by atoms with Gasteiger partial charge in [0.1, 0.15) is 18.3 Å². The molecule has 0 radical (unpaired) electrons. The zero-order valence-corrected chi connectivity index (χ0v) is 16.5. The fraction of sp³-hybridized carbons (Fsp3) is 0.318. The van der Waals surface area contributed by atoms with Crippen LogP contribution in [0, 0.1) is 0 Å². The van der Waals surface area contributed by atoms with E-state index < -0.39 is 12.0 Å². The summed E-state index contributed by atoms with van der Waals surface area (Å²) in [6.07, 6.45) is 1.30. The van der Waals surface area contributed by atoms with Gasteiger partial charge >= 0.3 is 5.97 Å². The lowest BCUT2D eigenvalue weighted by Crippen LogP contribution is -2.47. The van der Waals surface area contributed by atoms with Gasteiger partial charge in [-0.25, -0.2) is 0 Å². The van der Waals surface area contributed by atoms with Crippen LogP contribution < -0.4 is 10.1 Å². The van der Waals surface area contributed by atoms with E-state index in [9.17, 15) is 14.4 Å². The van der Waals surface area contributed by atoms with Crippen molar-refractivity contribution < 1.29 is 23.9 Å². The number of nitrogens with one attached hydrogen (secondary N) is 1. The van der Waals surface area contributed by atoms with E-state index in [2.05, 4.69) is 10.1 Å². The van der Waals surface area contributed by atoms with Crippen LogP contribution >= 0.6 is 0 Å². The van der Waals surface area contributed by atoms with Gasteiger partial charge < -0.3 is 19.7 Å². The first kappa shape index (κ1) is 20.4. The van der Waals surface area contributed by atoms with E-state index in [1.807, 2.05) is 42.5 Å². The summed E-state index contributed by atoms with van der Waals surface area (Å²) in [5.41, 5.74) is 2.34. The monoisotopic (exact) mass is 396 g/mol. The molecule has 1 saturated heterocycles. The highest BCUT2D eigenvalue weighted by Crippen LogP contribution is 2.26. The molecule has 29 heavy (non-hydrogen) atoms. The predicted octanol–water partition coefficient (Wildman–Crippen LogP) is 2.26. The molecule has 1 unspecified atom stereocenters. The lowest BCUT2D eigenvalue weighted by molar-refractivity contribution is -0.141. The Kier molecular flexibility index (Phi) is 6.49. The Morgan fingerprint density at radius 2 is 1.79 bits per heavy atom. The number of amides is 2. The number of carbonyl (C=O) groups is 3. The number of hydrogen-bond donors (Lipinski definition) is 1. The predicted molar refractivity (Wildman–Crippen MR) is 108 cm³/mol. The summed E-state index contributed by atoms with van der Waals surface area (Å²) in [5.74, 6) is -0.336. The summed E-state index contributed by atoms with van der Waals surface area (Å²) in [4.78, 5) is 38.4. The number of hydrogen-bond acceptors (Lipinski definition) is 5. The van der Waals surface area contributed by atoms with Crippen LogP contribution in [0.1, 0.15) is 23.2 Å². The van der Waals surface area contributed by atoms with Gasteiger partial charge in [-0.3, -0.25) is 14.4 Å². The van der Waals surface area contributed by atoms with E-state index in [0.717, 1.165) is 23.3 Å². The Hall–Kier alpha value is -3.35. The van der Waals surface area contributed by atoms with Gasteiger partial charge in [-0.2, -0.15) is 0 Å². The summed E-state index contributed by atoms with van der Waals surface area (Å²) >= 11 is 0. The molecular formula is C22H24N2O5. The second-order valence-corrected chi connectivity index (χ2v) is 6.76. The van der Waals surface area contributed by atoms with Gasteiger partial charge in [-0.15, -0.1) is 0 Å². The van der Waals surface area contributed by atoms with E-state index in [0.29, 0.717) is 18.5 Å². The minimum Gasteiger partial charge on any atom is -0.497 e. The van der Waals surface area contributed by atoms with Gasteiger partial charge in [0.05, 0.1) is 14.2 Å². The Bertz CT molecular complexity index is 912. The van der Waals surface area contributed by atoms with E-state index in [1.165, 1.54) is 7.11 Å². The third kappa shape index (κ3) is 4.74. The van der Waals surface area contributed by atoms with Crippen LogP contribution in [0.3, 0.4) is 0 Å².